The minimum Gasteiger partial charge on any atom is -0.478 e. The number of esters is 1. The molecule has 0 spiro atoms. The van der Waals surface area contributed by atoms with Gasteiger partial charge < -0.3 is 21.3 Å². The van der Waals surface area contributed by atoms with Gasteiger partial charge in [-0.15, -0.1) is 0 Å². The maximum Gasteiger partial charge on any atom is 0.343 e. The van der Waals surface area contributed by atoms with E-state index in [2.05, 4.69) is 0 Å². The van der Waals surface area contributed by atoms with Crippen LogP contribution in [-0.4, -0.2) is 17.0 Å². The highest BCUT2D eigenvalue weighted by atomic mass is 16.5. The van der Waals surface area contributed by atoms with Crippen molar-refractivity contribution in [2.75, 3.05) is 11.5 Å². The normalized spacial score (nSPS) is 10.3. The molecule has 0 aromatic heterocycles. The lowest BCUT2D eigenvalue weighted by molar-refractivity contribution is 0.0695. The molecule has 0 aliphatic heterocycles. The monoisotopic (exact) mass is 348 g/mol. The van der Waals surface area contributed by atoms with Gasteiger partial charge in [-0.05, 0) is 42.0 Å². The Labute approximate surface area is 149 Å². The molecule has 0 atom stereocenters. The number of carboxylic acids is 1. The third-order valence-corrected chi connectivity index (χ3v) is 3.83. The van der Waals surface area contributed by atoms with Crippen molar-refractivity contribution in [3.05, 3.63) is 77.9 Å². The molecule has 0 fully saturated rings. The van der Waals surface area contributed by atoms with E-state index < -0.39 is 11.9 Å². The number of ether oxygens (including phenoxy) is 1. The van der Waals surface area contributed by atoms with E-state index in [-0.39, 0.29) is 11.3 Å². The van der Waals surface area contributed by atoms with Crippen molar-refractivity contribution < 1.29 is 19.4 Å². The summed E-state index contributed by atoms with van der Waals surface area (Å²) in [6.07, 6.45) is 0. The van der Waals surface area contributed by atoms with Crippen molar-refractivity contribution in [3.63, 3.8) is 0 Å². The van der Waals surface area contributed by atoms with Crippen LogP contribution in [0.3, 0.4) is 0 Å². The van der Waals surface area contributed by atoms with Gasteiger partial charge in [-0.2, -0.15) is 0 Å². The van der Waals surface area contributed by atoms with Gasteiger partial charge in [-0.25, -0.2) is 9.59 Å². The Bertz CT molecular complexity index is 981. The Morgan fingerprint density at radius 2 is 1.58 bits per heavy atom. The summed E-state index contributed by atoms with van der Waals surface area (Å²) >= 11 is 0. The summed E-state index contributed by atoms with van der Waals surface area (Å²) < 4.78 is 5.32. The smallest absolute Gasteiger partial charge is 0.343 e. The van der Waals surface area contributed by atoms with Crippen molar-refractivity contribution in [1.82, 2.24) is 0 Å². The Morgan fingerprint density at radius 1 is 0.885 bits per heavy atom. The maximum absolute atomic E-state index is 12.1. The van der Waals surface area contributed by atoms with Gasteiger partial charge in [0.15, 0.2) is 0 Å². The van der Waals surface area contributed by atoms with Gasteiger partial charge in [0.1, 0.15) is 5.75 Å². The summed E-state index contributed by atoms with van der Waals surface area (Å²) in [7, 11) is 0. The number of carboxylic acid groups (broad SMARTS) is 1. The minimum atomic E-state index is -1.09. The number of carbonyl (C=O) groups excluding carboxylic acids is 1. The van der Waals surface area contributed by atoms with E-state index in [4.69, 9.17) is 21.3 Å². The Hall–Kier alpha value is -3.80. The van der Waals surface area contributed by atoms with Crippen LogP contribution in [0.25, 0.3) is 11.1 Å². The second-order valence-corrected chi connectivity index (χ2v) is 5.61. The number of nitrogen functional groups attached to an aromatic ring is 2. The quantitative estimate of drug-likeness (QED) is 0.378. The Morgan fingerprint density at radius 3 is 2.23 bits per heavy atom. The third kappa shape index (κ3) is 3.49. The Balaban J connectivity index is 1.82. The zero-order valence-electron chi connectivity index (χ0n) is 13.7. The van der Waals surface area contributed by atoms with Crippen molar-refractivity contribution in [1.29, 1.82) is 0 Å². The van der Waals surface area contributed by atoms with Crippen LogP contribution in [0, 0.1) is 0 Å². The fourth-order valence-electron chi connectivity index (χ4n) is 2.54. The van der Waals surface area contributed by atoms with Gasteiger partial charge in [-0.1, -0.05) is 30.3 Å². The number of hydrogen-bond donors (Lipinski definition) is 3. The largest absolute Gasteiger partial charge is 0.478 e. The molecule has 0 aliphatic rings. The molecule has 0 saturated carbocycles. The van der Waals surface area contributed by atoms with Crippen LogP contribution < -0.4 is 16.2 Å². The highest BCUT2D eigenvalue weighted by Crippen LogP contribution is 2.30. The first-order chi connectivity index (χ1) is 12.5. The molecule has 3 aromatic rings. The molecular weight excluding hydrogens is 332 g/mol. The first kappa shape index (κ1) is 17.0. The molecule has 0 aliphatic carbocycles. The van der Waals surface area contributed by atoms with Crippen LogP contribution >= 0.6 is 0 Å². The number of aromatic carboxylic acids is 1. The SMILES string of the molecule is Nc1cccc(C(=O)Oc2ccc(-c3cccc(C(=O)O)c3N)cc2)c1. The summed E-state index contributed by atoms with van der Waals surface area (Å²) in [4.78, 5) is 23.3. The predicted octanol–water partition coefficient (Wildman–Crippen LogP) is 3.44. The van der Waals surface area contributed by atoms with Crippen molar-refractivity contribution in [3.8, 4) is 16.9 Å². The summed E-state index contributed by atoms with van der Waals surface area (Å²) in [6.45, 7) is 0. The summed E-state index contributed by atoms with van der Waals surface area (Å²) in [5.74, 6) is -1.25. The van der Waals surface area contributed by atoms with E-state index in [1.165, 1.54) is 12.1 Å². The molecule has 0 heterocycles. The van der Waals surface area contributed by atoms with E-state index >= 15 is 0 Å². The predicted molar refractivity (Wildman–Crippen MR) is 99.1 cm³/mol. The number of nitrogens with two attached hydrogens (primary N) is 2. The van der Waals surface area contributed by atoms with Gasteiger partial charge in [0.05, 0.1) is 16.8 Å². The highest BCUT2D eigenvalue weighted by molar-refractivity contribution is 5.98. The lowest BCUT2D eigenvalue weighted by Gasteiger charge is -2.10. The van der Waals surface area contributed by atoms with E-state index in [9.17, 15) is 9.59 Å². The second kappa shape index (κ2) is 6.98. The molecule has 6 nitrogen and oxygen atoms in total. The number of para-hydroxylation sites is 1. The lowest BCUT2D eigenvalue weighted by atomic mass is 10.0. The average molecular weight is 348 g/mol. The molecule has 5 N–H and O–H groups in total. The first-order valence-electron chi connectivity index (χ1n) is 7.75. The van der Waals surface area contributed by atoms with Crippen LogP contribution in [0.4, 0.5) is 11.4 Å². The molecule has 26 heavy (non-hydrogen) atoms. The summed E-state index contributed by atoms with van der Waals surface area (Å²) in [5, 5.41) is 9.16. The Kier molecular flexibility index (Phi) is 4.57. The maximum atomic E-state index is 12.1. The van der Waals surface area contributed by atoms with E-state index in [1.807, 2.05) is 0 Å². The number of benzene rings is 3. The number of rotatable bonds is 4. The van der Waals surface area contributed by atoms with Crippen LogP contribution in [0.5, 0.6) is 5.75 Å². The topological polar surface area (TPSA) is 116 Å². The van der Waals surface area contributed by atoms with Crippen molar-refractivity contribution >= 4 is 23.3 Å². The van der Waals surface area contributed by atoms with Gasteiger partial charge in [0, 0.05) is 11.3 Å². The molecule has 6 heteroatoms. The number of anilines is 2. The molecule has 3 rings (SSSR count). The van der Waals surface area contributed by atoms with Crippen LogP contribution in [0.2, 0.25) is 0 Å². The molecule has 0 bridgehead atoms. The fraction of sp³-hybridized carbons (Fsp3) is 0. The second-order valence-electron chi connectivity index (χ2n) is 5.61. The summed E-state index contributed by atoms with van der Waals surface area (Å²) in [5.41, 5.74) is 14.0. The average Bonchev–Trinajstić information content (AvgIpc) is 2.62. The van der Waals surface area contributed by atoms with Crippen LogP contribution in [0.1, 0.15) is 20.7 Å². The summed E-state index contributed by atoms with van der Waals surface area (Å²) in [6, 6.07) is 18.0. The number of carbonyl (C=O) groups is 2. The van der Waals surface area contributed by atoms with Gasteiger partial charge in [0.25, 0.3) is 0 Å². The lowest BCUT2D eigenvalue weighted by Crippen LogP contribution is -2.08. The van der Waals surface area contributed by atoms with E-state index in [0.717, 1.165) is 0 Å². The first-order valence-corrected chi connectivity index (χ1v) is 7.75. The zero-order valence-corrected chi connectivity index (χ0v) is 13.7. The fourth-order valence-corrected chi connectivity index (χ4v) is 2.54. The third-order valence-electron chi connectivity index (χ3n) is 3.83. The van der Waals surface area contributed by atoms with E-state index in [0.29, 0.717) is 28.1 Å². The standard InChI is InChI=1S/C20H16N2O4/c21-14-4-1-3-13(11-14)20(25)26-15-9-7-12(8-10-15)16-5-2-6-17(18(16)22)19(23)24/h1-11H,21-22H2,(H,23,24). The van der Waals surface area contributed by atoms with Crippen molar-refractivity contribution in [2.45, 2.75) is 0 Å². The van der Waals surface area contributed by atoms with E-state index in [1.54, 1.807) is 54.6 Å². The molecule has 0 saturated heterocycles. The molecular formula is C20H16N2O4. The molecule has 0 unspecified atom stereocenters. The van der Waals surface area contributed by atoms with Gasteiger partial charge in [-0.3, -0.25) is 0 Å². The molecule has 0 radical (unpaired) electrons. The highest BCUT2D eigenvalue weighted by Gasteiger charge is 2.13. The minimum absolute atomic E-state index is 0.0414. The van der Waals surface area contributed by atoms with Crippen LogP contribution in [-0.2, 0) is 0 Å². The van der Waals surface area contributed by atoms with Crippen LogP contribution in [0.15, 0.2) is 66.7 Å². The number of hydrogen-bond acceptors (Lipinski definition) is 5. The molecule has 130 valence electrons. The van der Waals surface area contributed by atoms with Crippen molar-refractivity contribution in [2.24, 2.45) is 0 Å². The molecule has 3 aromatic carbocycles. The zero-order chi connectivity index (χ0) is 18.7. The molecule has 0 amide bonds. The van der Waals surface area contributed by atoms with Gasteiger partial charge >= 0.3 is 11.9 Å². The van der Waals surface area contributed by atoms with Gasteiger partial charge in [0.2, 0.25) is 0 Å².